The van der Waals surface area contributed by atoms with Gasteiger partial charge >= 0.3 is 0 Å². The van der Waals surface area contributed by atoms with E-state index in [1.54, 1.807) is 7.05 Å². The Labute approximate surface area is 106 Å². The Balaban J connectivity index is 2.58. The quantitative estimate of drug-likeness (QED) is 0.828. The molecule has 0 aliphatic rings. The van der Waals surface area contributed by atoms with Crippen LogP contribution >= 0.6 is 0 Å². The van der Waals surface area contributed by atoms with E-state index in [9.17, 15) is 9.59 Å². The number of Topliss-reactive ketones (excluding diaryl/α,β-unsaturated/α-hetero) is 1. The van der Waals surface area contributed by atoms with Crippen molar-refractivity contribution in [2.24, 2.45) is 5.41 Å². The fraction of sp³-hybridized carbons (Fsp3) is 0.500. The highest BCUT2D eigenvalue weighted by molar-refractivity contribution is 5.97. The second kappa shape index (κ2) is 5.57. The zero-order valence-electron chi connectivity index (χ0n) is 11.1. The third-order valence-electron chi connectivity index (χ3n) is 2.38. The smallest absolute Gasteiger partial charge is 0.254 e. The molecule has 0 spiro atoms. The number of amides is 1. The Morgan fingerprint density at radius 1 is 1.22 bits per heavy atom. The number of nitrogens with zero attached hydrogens (tertiary/aromatic N) is 2. The fourth-order valence-electron chi connectivity index (χ4n) is 1.10. The Morgan fingerprint density at radius 2 is 1.78 bits per heavy atom. The standard InChI is InChI=1S/C12H18N4O2/c1-12(2,3)9(17)7-14-10(18)8-5-15-11(13-4)16-6-8/h5-6H,7H2,1-4H3,(H,14,18)(H,13,15,16). The van der Waals surface area contributed by atoms with Gasteiger partial charge in [0.1, 0.15) is 0 Å². The Hall–Kier alpha value is -1.98. The van der Waals surface area contributed by atoms with Gasteiger partial charge in [0.2, 0.25) is 5.95 Å². The number of rotatable bonds is 4. The minimum absolute atomic E-state index is 0.0100. The lowest BCUT2D eigenvalue weighted by Crippen LogP contribution is -2.35. The van der Waals surface area contributed by atoms with Crippen molar-refractivity contribution in [3.8, 4) is 0 Å². The summed E-state index contributed by atoms with van der Waals surface area (Å²) < 4.78 is 0. The first-order chi connectivity index (χ1) is 8.34. The van der Waals surface area contributed by atoms with Gasteiger partial charge in [-0.1, -0.05) is 20.8 Å². The largest absolute Gasteiger partial charge is 0.357 e. The van der Waals surface area contributed by atoms with E-state index in [2.05, 4.69) is 20.6 Å². The number of anilines is 1. The van der Waals surface area contributed by atoms with E-state index in [0.29, 0.717) is 11.5 Å². The molecule has 6 nitrogen and oxygen atoms in total. The first-order valence-electron chi connectivity index (χ1n) is 5.66. The monoisotopic (exact) mass is 250 g/mol. The van der Waals surface area contributed by atoms with Crippen LogP contribution in [0, 0.1) is 5.41 Å². The van der Waals surface area contributed by atoms with Gasteiger partial charge < -0.3 is 10.6 Å². The maximum Gasteiger partial charge on any atom is 0.254 e. The van der Waals surface area contributed by atoms with Crippen molar-refractivity contribution in [3.05, 3.63) is 18.0 Å². The second-order valence-electron chi connectivity index (χ2n) is 4.90. The molecule has 0 radical (unpaired) electrons. The number of aromatic nitrogens is 2. The Kier molecular flexibility index (Phi) is 4.36. The van der Waals surface area contributed by atoms with E-state index >= 15 is 0 Å². The first-order valence-corrected chi connectivity index (χ1v) is 5.66. The SMILES string of the molecule is CNc1ncc(C(=O)NCC(=O)C(C)(C)C)cn1. The van der Waals surface area contributed by atoms with E-state index in [4.69, 9.17) is 0 Å². The van der Waals surface area contributed by atoms with Crippen molar-refractivity contribution < 1.29 is 9.59 Å². The minimum atomic E-state index is -0.459. The van der Waals surface area contributed by atoms with Crippen molar-refractivity contribution in [3.63, 3.8) is 0 Å². The minimum Gasteiger partial charge on any atom is -0.357 e. The molecule has 0 aliphatic carbocycles. The van der Waals surface area contributed by atoms with E-state index in [1.165, 1.54) is 12.4 Å². The summed E-state index contributed by atoms with van der Waals surface area (Å²) in [4.78, 5) is 31.2. The summed E-state index contributed by atoms with van der Waals surface area (Å²) in [6.45, 7) is 5.45. The van der Waals surface area contributed by atoms with Crippen LogP contribution in [0.5, 0.6) is 0 Å². The molecule has 98 valence electrons. The Morgan fingerprint density at radius 3 is 2.22 bits per heavy atom. The highest BCUT2D eigenvalue weighted by atomic mass is 16.2. The maximum atomic E-state index is 11.7. The van der Waals surface area contributed by atoms with Crippen molar-refractivity contribution in [2.75, 3.05) is 18.9 Å². The van der Waals surface area contributed by atoms with Crippen LogP contribution in [0.3, 0.4) is 0 Å². The number of hydrogen-bond donors (Lipinski definition) is 2. The summed E-state index contributed by atoms with van der Waals surface area (Å²) >= 11 is 0. The van der Waals surface area contributed by atoms with E-state index < -0.39 is 5.41 Å². The molecule has 0 atom stereocenters. The van der Waals surface area contributed by atoms with Crippen molar-refractivity contribution in [2.45, 2.75) is 20.8 Å². The number of hydrogen-bond acceptors (Lipinski definition) is 5. The molecule has 0 unspecified atom stereocenters. The normalized spacial score (nSPS) is 10.9. The molecule has 0 aromatic carbocycles. The summed E-state index contributed by atoms with van der Waals surface area (Å²) in [6.07, 6.45) is 2.82. The predicted molar refractivity (Wildman–Crippen MR) is 68.4 cm³/mol. The van der Waals surface area contributed by atoms with Gasteiger partial charge in [0, 0.05) is 24.9 Å². The summed E-state index contributed by atoms with van der Waals surface area (Å²) in [5, 5.41) is 5.31. The lowest BCUT2D eigenvalue weighted by molar-refractivity contribution is -0.125. The predicted octanol–water partition coefficient (Wildman–Crippen LogP) is 0.863. The second-order valence-corrected chi connectivity index (χ2v) is 4.90. The molecule has 0 fully saturated rings. The van der Waals surface area contributed by atoms with Crippen LogP contribution in [0.15, 0.2) is 12.4 Å². The Bertz CT molecular complexity index is 434. The summed E-state index contributed by atoms with van der Waals surface area (Å²) in [7, 11) is 1.69. The number of carbonyl (C=O) groups excluding carboxylic acids is 2. The van der Waals surface area contributed by atoms with Gasteiger partial charge in [0.25, 0.3) is 5.91 Å². The van der Waals surface area contributed by atoms with Gasteiger partial charge in [0.05, 0.1) is 12.1 Å². The summed E-state index contributed by atoms with van der Waals surface area (Å²) in [5.74, 6) is 0.0659. The van der Waals surface area contributed by atoms with Gasteiger partial charge in [-0.05, 0) is 0 Å². The average molecular weight is 250 g/mol. The molecule has 0 bridgehead atoms. The molecule has 1 rings (SSSR count). The van der Waals surface area contributed by atoms with E-state index in [-0.39, 0.29) is 18.2 Å². The third-order valence-corrected chi connectivity index (χ3v) is 2.38. The lowest BCUT2D eigenvalue weighted by atomic mass is 9.91. The molecule has 0 saturated carbocycles. The molecule has 0 aliphatic heterocycles. The zero-order chi connectivity index (χ0) is 13.8. The van der Waals surface area contributed by atoms with Crippen LogP contribution in [0.25, 0.3) is 0 Å². The van der Waals surface area contributed by atoms with Crippen molar-refractivity contribution >= 4 is 17.6 Å². The molecule has 0 saturated heterocycles. The van der Waals surface area contributed by atoms with Gasteiger partial charge in [-0.2, -0.15) is 0 Å². The van der Waals surface area contributed by atoms with E-state index in [0.717, 1.165) is 0 Å². The molecular weight excluding hydrogens is 232 g/mol. The molecular formula is C12H18N4O2. The zero-order valence-corrected chi connectivity index (χ0v) is 11.1. The molecule has 1 aromatic rings. The molecule has 6 heteroatoms. The van der Waals surface area contributed by atoms with Crippen LogP contribution in [-0.2, 0) is 4.79 Å². The third kappa shape index (κ3) is 3.80. The highest BCUT2D eigenvalue weighted by Crippen LogP contribution is 2.13. The summed E-state index contributed by atoms with van der Waals surface area (Å²) in [6, 6.07) is 0. The number of nitrogens with one attached hydrogen (secondary N) is 2. The van der Waals surface area contributed by atoms with Crippen LogP contribution in [0.2, 0.25) is 0 Å². The molecule has 2 N–H and O–H groups in total. The van der Waals surface area contributed by atoms with Crippen LogP contribution in [0.1, 0.15) is 31.1 Å². The average Bonchev–Trinajstić information content (AvgIpc) is 2.34. The number of ketones is 1. The van der Waals surface area contributed by atoms with Crippen LogP contribution in [0.4, 0.5) is 5.95 Å². The van der Waals surface area contributed by atoms with Crippen molar-refractivity contribution in [1.82, 2.24) is 15.3 Å². The first kappa shape index (κ1) is 14.1. The van der Waals surface area contributed by atoms with Gasteiger partial charge in [-0.15, -0.1) is 0 Å². The van der Waals surface area contributed by atoms with Crippen LogP contribution in [-0.4, -0.2) is 35.3 Å². The highest BCUT2D eigenvalue weighted by Gasteiger charge is 2.21. The van der Waals surface area contributed by atoms with Crippen LogP contribution < -0.4 is 10.6 Å². The molecule has 18 heavy (non-hydrogen) atoms. The van der Waals surface area contributed by atoms with Gasteiger partial charge in [-0.25, -0.2) is 9.97 Å². The lowest BCUT2D eigenvalue weighted by Gasteiger charge is -2.16. The molecule has 1 amide bonds. The topological polar surface area (TPSA) is 84.0 Å². The number of carbonyl (C=O) groups is 2. The van der Waals surface area contributed by atoms with E-state index in [1.807, 2.05) is 20.8 Å². The molecule has 1 aromatic heterocycles. The summed E-state index contributed by atoms with van der Waals surface area (Å²) in [5.41, 5.74) is -0.129. The molecule has 1 heterocycles. The maximum absolute atomic E-state index is 11.7. The van der Waals surface area contributed by atoms with Crippen molar-refractivity contribution in [1.29, 1.82) is 0 Å². The van der Waals surface area contributed by atoms with Gasteiger partial charge in [-0.3, -0.25) is 9.59 Å². The van der Waals surface area contributed by atoms with Gasteiger partial charge in [0.15, 0.2) is 5.78 Å². The fourth-order valence-corrected chi connectivity index (χ4v) is 1.10.